The third-order valence-electron chi connectivity index (χ3n) is 4.40. The number of carbonyl (C=O) groups is 2. The normalized spacial score (nSPS) is 10.1. The summed E-state index contributed by atoms with van der Waals surface area (Å²) in [6.45, 7) is 0. The first-order valence-corrected chi connectivity index (χ1v) is 9.85. The van der Waals surface area contributed by atoms with Gasteiger partial charge in [0.15, 0.2) is 0 Å². The summed E-state index contributed by atoms with van der Waals surface area (Å²) >= 11 is 0. The molecule has 0 fully saturated rings. The molecule has 0 saturated heterocycles. The number of hydrogen-bond acceptors (Lipinski definition) is 4. The number of nitrogens with one attached hydrogen (secondary N) is 4. The van der Waals surface area contributed by atoms with Crippen LogP contribution in [0, 0.1) is 0 Å². The average Bonchev–Trinajstić information content (AvgIpc) is 2.81. The van der Waals surface area contributed by atoms with Gasteiger partial charge in [0.2, 0.25) is 0 Å². The second-order valence-corrected chi connectivity index (χ2v) is 6.69. The van der Waals surface area contributed by atoms with E-state index in [9.17, 15) is 9.59 Å². The summed E-state index contributed by atoms with van der Waals surface area (Å²) in [5, 5.41) is 11.1. The molecule has 0 aliphatic heterocycles. The molecule has 0 radical (unpaired) electrons. The number of amides is 4. The van der Waals surface area contributed by atoms with Crippen molar-refractivity contribution in [3.8, 4) is 11.4 Å². The molecule has 4 rings (SSSR count). The van der Waals surface area contributed by atoms with Crippen molar-refractivity contribution in [3.05, 3.63) is 97.3 Å². The molecule has 0 bridgehead atoms. The van der Waals surface area contributed by atoms with E-state index >= 15 is 0 Å². The maximum absolute atomic E-state index is 12.5. The Hall–Kier alpha value is -4.72. The van der Waals surface area contributed by atoms with Crippen LogP contribution < -0.4 is 21.3 Å². The predicted molar refractivity (Wildman–Crippen MR) is 126 cm³/mol. The fraction of sp³-hybridized carbons (Fsp3) is 0. The molecule has 0 aliphatic carbocycles. The fourth-order valence-electron chi connectivity index (χ4n) is 3.00. The number of anilines is 4. The number of para-hydroxylation sites is 2. The summed E-state index contributed by atoms with van der Waals surface area (Å²) in [6.07, 6.45) is 3.19. The molecule has 0 aliphatic rings. The third kappa shape index (κ3) is 5.25. The standard InChI is InChI=1S/C24H20N6O2/c31-23(27-17-9-3-1-4-10-17)29-19-13-7-15-25-21(19)22-20(14-8-16-26-22)30-24(32)28-18-11-5-2-6-12-18/h1-16H,(H2,27,29,31)(H2,28,30,32). The van der Waals surface area contributed by atoms with Crippen LogP contribution in [0.4, 0.5) is 32.3 Å². The van der Waals surface area contributed by atoms with Gasteiger partial charge in [0.25, 0.3) is 0 Å². The van der Waals surface area contributed by atoms with E-state index in [1.54, 1.807) is 60.9 Å². The van der Waals surface area contributed by atoms with Gasteiger partial charge in [0.1, 0.15) is 11.4 Å². The van der Waals surface area contributed by atoms with Crippen molar-refractivity contribution in [2.45, 2.75) is 0 Å². The summed E-state index contributed by atoms with van der Waals surface area (Å²) in [4.78, 5) is 33.7. The van der Waals surface area contributed by atoms with Crippen LogP contribution in [0.15, 0.2) is 97.3 Å². The largest absolute Gasteiger partial charge is 0.323 e. The lowest BCUT2D eigenvalue weighted by Crippen LogP contribution is -2.21. The topological polar surface area (TPSA) is 108 Å². The Morgan fingerprint density at radius 1 is 0.500 bits per heavy atom. The van der Waals surface area contributed by atoms with Crippen LogP contribution in [0.3, 0.4) is 0 Å². The van der Waals surface area contributed by atoms with Crippen LogP contribution in [-0.2, 0) is 0 Å². The minimum absolute atomic E-state index is 0.419. The molecule has 2 aromatic carbocycles. The Morgan fingerprint density at radius 2 is 0.906 bits per heavy atom. The molecular formula is C24H20N6O2. The van der Waals surface area contributed by atoms with E-state index in [0.717, 1.165) is 0 Å². The highest BCUT2D eigenvalue weighted by atomic mass is 16.2. The Morgan fingerprint density at radius 3 is 1.31 bits per heavy atom. The van der Waals surface area contributed by atoms with Gasteiger partial charge in [-0.15, -0.1) is 0 Å². The smallest absolute Gasteiger partial charge is 0.308 e. The van der Waals surface area contributed by atoms with E-state index in [0.29, 0.717) is 34.1 Å². The summed E-state index contributed by atoms with van der Waals surface area (Å²) in [6, 6.07) is 24.2. The van der Waals surface area contributed by atoms with Crippen LogP contribution in [0.25, 0.3) is 11.4 Å². The number of urea groups is 2. The van der Waals surface area contributed by atoms with Gasteiger partial charge in [-0.1, -0.05) is 36.4 Å². The van der Waals surface area contributed by atoms with Crippen molar-refractivity contribution in [2.24, 2.45) is 0 Å². The third-order valence-corrected chi connectivity index (χ3v) is 4.40. The lowest BCUT2D eigenvalue weighted by atomic mass is 10.2. The molecule has 4 aromatic rings. The highest BCUT2D eigenvalue weighted by Gasteiger charge is 2.16. The lowest BCUT2D eigenvalue weighted by Gasteiger charge is -2.14. The van der Waals surface area contributed by atoms with Crippen molar-refractivity contribution >= 4 is 34.8 Å². The Labute approximate surface area is 184 Å². The summed E-state index contributed by atoms with van der Waals surface area (Å²) in [7, 11) is 0. The molecule has 32 heavy (non-hydrogen) atoms. The Kier molecular flexibility index (Phi) is 6.33. The molecule has 8 nitrogen and oxygen atoms in total. The zero-order valence-electron chi connectivity index (χ0n) is 16.9. The molecule has 2 aromatic heterocycles. The first-order valence-electron chi connectivity index (χ1n) is 9.85. The molecule has 4 N–H and O–H groups in total. The van der Waals surface area contributed by atoms with Gasteiger partial charge < -0.3 is 21.3 Å². The molecule has 0 atom stereocenters. The monoisotopic (exact) mass is 424 g/mol. The van der Waals surface area contributed by atoms with Crippen LogP contribution in [0.1, 0.15) is 0 Å². The zero-order valence-corrected chi connectivity index (χ0v) is 16.9. The Bertz CT molecular complexity index is 1120. The molecule has 0 saturated carbocycles. The summed E-state index contributed by atoms with van der Waals surface area (Å²) in [5.74, 6) is 0. The second kappa shape index (κ2) is 9.86. The van der Waals surface area contributed by atoms with Crippen molar-refractivity contribution in [3.63, 3.8) is 0 Å². The van der Waals surface area contributed by atoms with Crippen molar-refractivity contribution < 1.29 is 9.59 Å². The molecule has 8 heteroatoms. The molecular weight excluding hydrogens is 404 g/mol. The van der Waals surface area contributed by atoms with E-state index in [1.165, 1.54) is 0 Å². The first kappa shape index (κ1) is 20.5. The van der Waals surface area contributed by atoms with E-state index in [-0.39, 0.29) is 0 Å². The molecule has 0 unspecified atom stereocenters. The Balaban J connectivity index is 1.54. The SMILES string of the molecule is O=C(Nc1ccccc1)Nc1cccnc1-c1ncccc1NC(=O)Nc1ccccc1. The molecule has 0 spiro atoms. The fourth-order valence-corrected chi connectivity index (χ4v) is 3.00. The van der Waals surface area contributed by atoms with Crippen molar-refractivity contribution in [1.82, 2.24) is 9.97 Å². The lowest BCUT2D eigenvalue weighted by molar-refractivity contribution is 0.261. The van der Waals surface area contributed by atoms with Crippen LogP contribution in [0.2, 0.25) is 0 Å². The minimum Gasteiger partial charge on any atom is -0.308 e. The van der Waals surface area contributed by atoms with Crippen LogP contribution >= 0.6 is 0 Å². The zero-order chi connectivity index (χ0) is 22.2. The van der Waals surface area contributed by atoms with E-state index < -0.39 is 12.1 Å². The molecule has 2 heterocycles. The number of benzene rings is 2. The highest BCUT2D eigenvalue weighted by Crippen LogP contribution is 2.30. The van der Waals surface area contributed by atoms with Gasteiger partial charge in [-0.05, 0) is 48.5 Å². The van der Waals surface area contributed by atoms with Crippen molar-refractivity contribution in [2.75, 3.05) is 21.3 Å². The van der Waals surface area contributed by atoms with Crippen LogP contribution in [-0.4, -0.2) is 22.0 Å². The maximum atomic E-state index is 12.5. The number of rotatable bonds is 5. The number of carbonyl (C=O) groups excluding carboxylic acids is 2. The van der Waals surface area contributed by atoms with E-state index in [2.05, 4.69) is 31.2 Å². The van der Waals surface area contributed by atoms with Gasteiger partial charge in [-0.2, -0.15) is 0 Å². The van der Waals surface area contributed by atoms with Gasteiger partial charge in [-0.3, -0.25) is 9.97 Å². The summed E-state index contributed by atoms with van der Waals surface area (Å²) < 4.78 is 0. The number of nitrogens with zero attached hydrogens (tertiary/aromatic N) is 2. The van der Waals surface area contributed by atoms with E-state index in [1.807, 2.05) is 36.4 Å². The average molecular weight is 424 g/mol. The van der Waals surface area contributed by atoms with Crippen molar-refractivity contribution in [1.29, 1.82) is 0 Å². The predicted octanol–water partition coefficient (Wildman–Crippen LogP) is 5.43. The second-order valence-electron chi connectivity index (χ2n) is 6.69. The first-order chi connectivity index (χ1) is 15.7. The number of aromatic nitrogens is 2. The molecule has 158 valence electrons. The minimum atomic E-state index is -0.419. The van der Waals surface area contributed by atoms with Gasteiger partial charge in [-0.25, -0.2) is 9.59 Å². The number of hydrogen-bond donors (Lipinski definition) is 4. The molecule has 4 amide bonds. The van der Waals surface area contributed by atoms with Gasteiger partial charge in [0, 0.05) is 23.8 Å². The number of pyridine rings is 2. The quantitative estimate of drug-likeness (QED) is 0.342. The van der Waals surface area contributed by atoms with Crippen LogP contribution in [0.5, 0.6) is 0 Å². The maximum Gasteiger partial charge on any atom is 0.323 e. The van der Waals surface area contributed by atoms with Gasteiger partial charge >= 0.3 is 12.1 Å². The highest BCUT2D eigenvalue weighted by molar-refractivity contribution is 6.04. The van der Waals surface area contributed by atoms with Gasteiger partial charge in [0.05, 0.1) is 11.4 Å². The van der Waals surface area contributed by atoms with E-state index in [4.69, 9.17) is 0 Å². The summed E-state index contributed by atoms with van der Waals surface area (Å²) in [5.41, 5.74) is 3.07.